The van der Waals surface area contributed by atoms with E-state index in [2.05, 4.69) is 57.1 Å². The number of imide groups is 2. The molecule has 0 bridgehead atoms. The van der Waals surface area contributed by atoms with Gasteiger partial charge in [0, 0.05) is 113 Å². The number of hydrogen-bond donors (Lipinski definition) is 4. The Morgan fingerprint density at radius 1 is 0.682 bits per heavy atom. The van der Waals surface area contributed by atoms with E-state index in [0.29, 0.717) is 102 Å². The van der Waals surface area contributed by atoms with Crippen LogP contribution in [0, 0.1) is 30.4 Å². The van der Waals surface area contributed by atoms with Gasteiger partial charge in [-0.2, -0.15) is 28.5 Å². The van der Waals surface area contributed by atoms with Crippen LogP contribution >= 0.6 is 0 Å². The third-order valence-electron chi connectivity index (χ3n) is 22.4. The highest BCUT2D eigenvalue weighted by molar-refractivity contribution is 6.09. The first-order chi connectivity index (χ1) is 51.5. The van der Waals surface area contributed by atoms with Gasteiger partial charge in [0.05, 0.1) is 68.9 Å². The molecule has 5 atom stereocenters. The topological polar surface area (TPSA) is 293 Å². The van der Waals surface area contributed by atoms with Crippen LogP contribution in [0.3, 0.4) is 0 Å². The number of nitrogens with one attached hydrogen (secondary N) is 4. The van der Waals surface area contributed by atoms with Crippen molar-refractivity contribution in [3.63, 3.8) is 0 Å². The summed E-state index contributed by atoms with van der Waals surface area (Å²) in [4.78, 5) is 121. The molecule has 32 heteroatoms. The maximum Gasteiger partial charge on any atom is 0.433 e. The lowest BCUT2D eigenvalue weighted by Gasteiger charge is -2.45. The Labute approximate surface area is 606 Å². The van der Waals surface area contributed by atoms with Crippen molar-refractivity contribution < 1.29 is 50.7 Å². The second kappa shape index (κ2) is 27.9. The Morgan fingerprint density at radius 3 is 2.03 bits per heavy atom. The largest absolute Gasteiger partial charge is 0.433 e. The highest BCUT2D eigenvalue weighted by Gasteiger charge is 2.40. The number of likely N-dealkylation sites (tertiary alicyclic amines) is 1. The molecule has 7 aromatic heterocycles. The minimum absolute atomic E-state index is 0.000204. The molecule has 6 amide bonds. The van der Waals surface area contributed by atoms with E-state index >= 15 is 8.78 Å². The van der Waals surface area contributed by atoms with E-state index < -0.39 is 64.9 Å². The maximum absolute atomic E-state index is 16.1. The Kier molecular flexibility index (Phi) is 18.3. The number of nitrogens with zero attached hydrogens (tertiary/aromatic N) is 15. The number of carbonyl (C=O) groups excluding carboxylic acids is 6. The molecule has 4 saturated heterocycles. The van der Waals surface area contributed by atoms with E-state index in [1.807, 2.05) is 42.1 Å². The number of halogens is 5. The van der Waals surface area contributed by atoms with Gasteiger partial charge in [-0.25, -0.2) is 32.9 Å². The molecule has 5 fully saturated rings. The van der Waals surface area contributed by atoms with Gasteiger partial charge in [-0.3, -0.25) is 71.9 Å². The molecule has 554 valence electrons. The van der Waals surface area contributed by atoms with Crippen LogP contribution in [-0.2, 0) is 46.0 Å². The molecule has 3 unspecified atom stereocenters. The zero-order chi connectivity index (χ0) is 74.4. The summed E-state index contributed by atoms with van der Waals surface area (Å²) < 4.78 is 84.3. The van der Waals surface area contributed by atoms with E-state index in [-0.39, 0.29) is 95.7 Å². The SMILES string of the molecule is Cc1cc(C2CCN(C[C@H]3CC[C@H](n4cc5cc(NC(=O)c6cccc(C(F)(F)F)n6)c(F)cc5n4)CC3CN(CCn3cc4cc(NC(=O)c5cnn6cccnc56)c(F)cc4n3)C3CCN(c4cccc5c4n(C)c(=O)n5C4CCC(=O)NC4=O)CC3)CC2)c2c(c1)n(C1CCC(=O)NC1=O)c(=O)n2C. The van der Waals surface area contributed by atoms with Gasteiger partial charge in [-0.15, -0.1) is 0 Å². The van der Waals surface area contributed by atoms with E-state index in [1.54, 1.807) is 52.4 Å². The molecule has 4 aromatic carbocycles. The van der Waals surface area contributed by atoms with Crippen molar-refractivity contribution in [1.82, 2.24) is 77.8 Å². The molecule has 107 heavy (non-hydrogen) atoms. The minimum Gasteiger partial charge on any atom is -0.370 e. The Balaban J connectivity index is 0.702. The van der Waals surface area contributed by atoms with Crippen LogP contribution in [0.5, 0.6) is 0 Å². The highest BCUT2D eigenvalue weighted by atomic mass is 19.4. The average molecular weight is 1470 g/mol. The van der Waals surface area contributed by atoms with Crippen molar-refractivity contribution in [3.8, 4) is 0 Å². The van der Waals surface area contributed by atoms with Crippen LogP contribution in [0.1, 0.15) is 132 Å². The number of aromatic nitrogens is 12. The number of pyridine rings is 1. The molecule has 0 spiro atoms. The van der Waals surface area contributed by atoms with E-state index in [1.165, 1.54) is 44.2 Å². The molecule has 4 aliphatic heterocycles. The smallest absolute Gasteiger partial charge is 0.370 e. The summed E-state index contributed by atoms with van der Waals surface area (Å²) in [7, 11) is 3.42. The zero-order valence-electron chi connectivity index (χ0n) is 58.7. The van der Waals surface area contributed by atoms with Crippen LogP contribution in [0.2, 0.25) is 0 Å². The fourth-order valence-electron chi connectivity index (χ4n) is 17.1. The lowest BCUT2D eigenvalue weighted by molar-refractivity contribution is -0.141. The summed E-state index contributed by atoms with van der Waals surface area (Å²) in [6.45, 7) is 6.91. The second-order valence-electron chi connectivity index (χ2n) is 29.0. The van der Waals surface area contributed by atoms with Gasteiger partial charge in [0.25, 0.3) is 11.8 Å². The molecular weight excluding hydrogens is 1390 g/mol. The number of alkyl halides is 3. The number of amides is 6. The van der Waals surface area contributed by atoms with Crippen molar-refractivity contribution in [3.05, 3.63) is 171 Å². The first-order valence-corrected chi connectivity index (χ1v) is 36.1. The number of hydrogen-bond acceptors (Lipinski definition) is 16. The molecule has 16 rings (SSSR count). The zero-order valence-corrected chi connectivity index (χ0v) is 58.7. The number of fused-ring (bicyclic) bond motifs is 5. The Hall–Kier alpha value is -11.3. The van der Waals surface area contributed by atoms with Crippen LogP contribution < -0.4 is 37.5 Å². The van der Waals surface area contributed by atoms with Gasteiger partial charge < -0.3 is 20.4 Å². The predicted molar refractivity (Wildman–Crippen MR) is 385 cm³/mol. The van der Waals surface area contributed by atoms with Crippen molar-refractivity contribution >= 4 is 102 Å². The Morgan fingerprint density at radius 2 is 1.34 bits per heavy atom. The van der Waals surface area contributed by atoms with E-state index in [0.717, 1.165) is 79.4 Å². The predicted octanol–water partition coefficient (Wildman–Crippen LogP) is 8.70. The fourth-order valence-corrected chi connectivity index (χ4v) is 17.1. The van der Waals surface area contributed by atoms with Crippen LogP contribution in [0.4, 0.5) is 39.0 Å². The summed E-state index contributed by atoms with van der Waals surface area (Å²) in [5.41, 5.74) is 3.80. The third-order valence-corrected chi connectivity index (χ3v) is 22.4. The second-order valence-corrected chi connectivity index (χ2v) is 29.0. The third kappa shape index (κ3) is 13.4. The van der Waals surface area contributed by atoms with Gasteiger partial charge in [0.1, 0.15) is 40.7 Å². The summed E-state index contributed by atoms with van der Waals surface area (Å²) >= 11 is 0. The maximum atomic E-state index is 16.1. The quantitative estimate of drug-likeness (QED) is 0.0489. The van der Waals surface area contributed by atoms with Crippen LogP contribution in [0.25, 0.3) is 49.5 Å². The normalized spacial score (nSPS) is 20.3. The molecule has 4 N–H and O–H groups in total. The van der Waals surface area contributed by atoms with Gasteiger partial charge >= 0.3 is 17.6 Å². The summed E-state index contributed by atoms with van der Waals surface area (Å²) in [5.74, 6) is -4.70. The van der Waals surface area contributed by atoms with Crippen molar-refractivity contribution in [2.24, 2.45) is 25.9 Å². The monoisotopic (exact) mass is 1470 g/mol. The number of benzene rings is 4. The van der Waals surface area contributed by atoms with Gasteiger partial charge in [0.15, 0.2) is 5.65 Å². The van der Waals surface area contributed by atoms with Crippen LogP contribution in [-0.4, -0.2) is 155 Å². The molecular formula is C75H76F5N19O8. The summed E-state index contributed by atoms with van der Waals surface area (Å²) in [5, 5.41) is 25.0. The molecule has 1 saturated carbocycles. The number of carbonyl (C=O) groups is 6. The molecule has 5 aliphatic rings. The minimum atomic E-state index is -4.82. The lowest BCUT2D eigenvalue weighted by Crippen LogP contribution is -2.50. The lowest BCUT2D eigenvalue weighted by atomic mass is 9.75. The number of aryl methyl sites for hydroxylation is 3. The van der Waals surface area contributed by atoms with Gasteiger partial charge in [-0.1, -0.05) is 18.2 Å². The highest BCUT2D eigenvalue weighted by Crippen LogP contribution is 2.43. The van der Waals surface area contributed by atoms with Crippen LogP contribution in [0.15, 0.2) is 119 Å². The fraction of sp³-hybridized carbons (Fsp3) is 0.400. The number of anilines is 3. The number of rotatable bonds is 17. The average Bonchev–Trinajstić information content (AvgIpc) is 1.60. The van der Waals surface area contributed by atoms with Crippen molar-refractivity contribution in [1.29, 1.82) is 0 Å². The molecule has 11 aromatic rings. The standard InChI is InChI=1S/C75H76F5N19O8/c1-41-29-49(66-62(30-41)99(73(106)90(66)2)61-14-16-65(101)87-72(61)105)42-17-23-92(24-18-42)37-43-11-12-48(97-40-46-33-57(52(77)35-55(46)89-97)85-70(103)53-7-4-10-63(83-53)75(78,79)80)31-44(43)38-94(27-28-95-39-45-32-56(51(76)34-54(45)88-95)84-69(102)50-36-82-96-22-6-21-81-68(50)96)47-19-25-93(26-20-47)58-8-5-9-59-67(58)91(3)74(107)98(59)60-13-15-64(100)86-71(60)104/h4-10,21-22,29-30,32-36,39-40,42-44,47-48,60-61H,11-20,23-28,31,37-38H2,1-3H3,(H,84,102)(H,85,103)(H,86,100,104)(H,87,101,105)/t43-,44?,48+,60?,61?/m1/s1. The number of imidazole rings is 2. The van der Waals surface area contributed by atoms with Gasteiger partial charge in [0.2, 0.25) is 23.6 Å². The van der Waals surface area contributed by atoms with E-state index in [9.17, 15) is 51.5 Å². The van der Waals surface area contributed by atoms with Crippen molar-refractivity contribution in [2.45, 2.75) is 120 Å². The molecule has 11 heterocycles. The number of para-hydroxylation sites is 1. The Bertz CT molecular complexity index is 5560. The van der Waals surface area contributed by atoms with E-state index in [4.69, 9.17) is 10.2 Å². The van der Waals surface area contributed by atoms with Gasteiger partial charge in [-0.05, 0) is 155 Å². The van der Waals surface area contributed by atoms with Crippen molar-refractivity contribution in [2.75, 3.05) is 61.3 Å². The first kappa shape index (κ1) is 70.1. The first-order valence-electron chi connectivity index (χ1n) is 36.1. The number of piperidine rings is 4. The molecule has 1 aliphatic carbocycles. The molecule has 27 nitrogen and oxygen atoms in total. The summed E-state index contributed by atoms with van der Waals surface area (Å²) in [6.07, 6.45) is 9.08. The molecule has 0 radical (unpaired) electrons. The summed E-state index contributed by atoms with van der Waals surface area (Å²) in [6, 6.07) is 17.9.